The van der Waals surface area contributed by atoms with E-state index in [1.54, 1.807) is 12.4 Å². The first-order valence-corrected chi connectivity index (χ1v) is 8.69. The van der Waals surface area contributed by atoms with Crippen LogP contribution in [0, 0.1) is 17.8 Å². The topological polar surface area (TPSA) is 42.9 Å². The van der Waals surface area contributed by atoms with E-state index < -0.39 is 0 Å². The normalized spacial score (nSPS) is 23.0. The number of aromatic nitrogens is 2. The number of nitrogens with zero attached hydrogens (tertiary/aromatic N) is 2. The summed E-state index contributed by atoms with van der Waals surface area (Å²) in [5, 5.41) is 0. The molecule has 2 aromatic rings. The molecule has 3 heteroatoms. The van der Waals surface area contributed by atoms with Crippen molar-refractivity contribution in [3.05, 3.63) is 53.9 Å². The standard InChI is InChI=1S/C21H24N2O/c1-14(2)18-10-9-15(3)19(20(18)24)11-16-12-22-21(23-13-16)17-7-5-4-6-8-17/h4-8,11-15,18H,9-10H2,1-3H3/t15-,18-/m1/s1. The predicted molar refractivity (Wildman–Crippen MR) is 97.2 cm³/mol. The van der Waals surface area contributed by atoms with E-state index in [2.05, 4.69) is 30.7 Å². The van der Waals surface area contributed by atoms with Gasteiger partial charge in [0.05, 0.1) is 0 Å². The molecule has 24 heavy (non-hydrogen) atoms. The van der Waals surface area contributed by atoms with E-state index in [0.29, 0.717) is 23.4 Å². The molecule has 1 aromatic heterocycles. The van der Waals surface area contributed by atoms with Gasteiger partial charge in [-0.2, -0.15) is 0 Å². The van der Waals surface area contributed by atoms with Crippen molar-refractivity contribution < 1.29 is 4.79 Å². The second-order valence-electron chi connectivity index (χ2n) is 7.00. The maximum atomic E-state index is 12.8. The lowest BCUT2D eigenvalue weighted by Gasteiger charge is -2.30. The highest BCUT2D eigenvalue weighted by molar-refractivity contribution is 6.02. The van der Waals surface area contributed by atoms with Crippen LogP contribution in [-0.2, 0) is 4.79 Å². The lowest BCUT2D eigenvalue weighted by atomic mass is 9.73. The fraction of sp³-hybridized carbons (Fsp3) is 0.381. The van der Waals surface area contributed by atoms with Crippen molar-refractivity contribution in [2.45, 2.75) is 33.6 Å². The first kappa shape index (κ1) is 16.6. The number of hydrogen-bond acceptors (Lipinski definition) is 3. The maximum Gasteiger partial charge on any atom is 0.162 e. The number of ketones is 1. The summed E-state index contributed by atoms with van der Waals surface area (Å²) in [5.74, 6) is 1.86. The van der Waals surface area contributed by atoms with E-state index in [-0.39, 0.29) is 5.92 Å². The average molecular weight is 320 g/mol. The van der Waals surface area contributed by atoms with Crippen molar-refractivity contribution in [1.82, 2.24) is 9.97 Å². The number of Topliss-reactive ketones (excluding diaryl/α,β-unsaturated/α-hetero) is 1. The summed E-state index contributed by atoms with van der Waals surface area (Å²) in [7, 11) is 0. The highest BCUT2D eigenvalue weighted by Crippen LogP contribution is 2.35. The highest BCUT2D eigenvalue weighted by atomic mass is 16.1. The van der Waals surface area contributed by atoms with Crippen molar-refractivity contribution in [2.24, 2.45) is 17.8 Å². The monoisotopic (exact) mass is 320 g/mol. The van der Waals surface area contributed by atoms with E-state index in [4.69, 9.17) is 0 Å². The van der Waals surface area contributed by atoms with Crippen molar-refractivity contribution >= 4 is 11.9 Å². The Morgan fingerprint density at radius 1 is 1.08 bits per heavy atom. The van der Waals surface area contributed by atoms with Gasteiger partial charge in [0.2, 0.25) is 0 Å². The molecule has 0 unspecified atom stereocenters. The van der Waals surface area contributed by atoms with Crippen LogP contribution in [0.4, 0.5) is 0 Å². The van der Waals surface area contributed by atoms with E-state index >= 15 is 0 Å². The Bertz CT molecular complexity index is 732. The minimum absolute atomic E-state index is 0.150. The Labute approximate surface area is 143 Å². The van der Waals surface area contributed by atoms with Crippen LogP contribution in [0.5, 0.6) is 0 Å². The Morgan fingerprint density at radius 2 is 1.75 bits per heavy atom. The van der Waals surface area contributed by atoms with Gasteiger partial charge in [0, 0.05) is 29.4 Å². The van der Waals surface area contributed by atoms with Crippen LogP contribution in [0.15, 0.2) is 48.3 Å². The molecule has 124 valence electrons. The summed E-state index contributed by atoms with van der Waals surface area (Å²) in [6.07, 6.45) is 7.67. The zero-order valence-electron chi connectivity index (χ0n) is 14.6. The van der Waals surface area contributed by atoms with Gasteiger partial charge in [-0.1, -0.05) is 51.1 Å². The minimum atomic E-state index is 0.150. The first-order valence-electron chi connectivity index (χ1n) is 8.69. The van der Waals surface area contributed by atoms with Crippen LogP contribution < -0.4 is 0 Å². The van der Waals surface area contributed by atoms with Crippen LogP contribution in [0.3, 0.4) is 0 Å². The molecule has 3 rings (SSSR count). The SMILES string of the molecule is CC(C)[C@H]1CC[C@@H](C)C(=Cc2cnc(-c3ccccc3)nc2)C1=O. The van der Waals surface area contributed by atoms with Gasteiger partial charge in [-0.25, -0.2) is 9.97 Å². The molecule has 0 N–H and O–H groups in total. The molecule has 1 fully saturated rings. The molecule has 0 aliphatic heterocycles. The predicted octanol–water partition coefficient (Wildman–Crippen LogP) is 4.80. The third-order valence-electron chi connectivity index (χ3n) is 4.89. The maximum absolute atomic E-state index is 12.8. The van der Waals surface area contributed by atoms with Crippen LogP contribution in [0.25, 0.3) is 17.5 Å². The molecule has 2 atom stereocenters. The lowest BCUT2D eigenvalue weighted by Crippen LogP contribution is -2.30. The van der Waals surface area contributed by atoms with Crippen LogP contribution in [0.2, 0.25) is 0 Å². The van der Waals surface area contributed by atoms with E-state index in [0.717, 1.165) is 29.5 Å². The van der Waals surface area contributed by atoms with Gasteiger partial charge in [0.15, 0.2) is 11.6 Å². The molecule has 1 aromatic carbocycles. The fourth-order valence-corrected chi connectivity index (χ4v) is 3.35. The summed E-state index contributed by atoms with van der Waals surface area (Å²) >= 11 is 0. The fourth-order valence-electron chi connectivity index (χ4n) is 3.35. The van der Waals surface area contributed by atoms with E-state index in [9.17, 15) is 4.79 Å². The molecule has 1 aliphatic rings. The molecule has 3 nitrogen and oxygen atoms in total. The quantitative estimate of drug-likeness (QED) is 0.763. The summed E-state index contributed by atoms with van der Waals surface area (Å²) < 4.78 is 0. The summed E-state index contributed by atoms with van der Waals surface area (Å²) in [4.78, 5) is 21.7. The summed E-state index contributed by atoms with van der Waals surface area (Å²) in [5.41, 5.74) is 2.82. The van der Waals surface area contributed by atoms with Crippen molar-refractivity contribution in [1.29, 1.82) is 0 Å². The minimum Gasteiger partial charge on any atom is -0.294 e. The Kier molecular flexibility index (Phi) is 4.89. The first-order chi connectivity index (χ1) is 11.6. The molecular weight excluding hydrogens is 296 g/mol. The van der Waals surface area contributed by atoms with Gasteiger partial charge >= 0.3 is 0 Å². The van der Waals surface area contributed by atoms with Crippen LogP contribution >= 0.6 is 0 Å². The van der Waals surface area contributed by atoms with Gasteiger partial charge in [-0.05, 0) is 36.3 Å². The van der Waals surface area contributed by atoms with Crippen LogP contribution in [-0.4, -0.2) is 15.8 Å². The second kappa shape index (κ2) is 7.08. The van der Waals surface area contributed by atoms with Gasteiger partial charge in [-0.3, -0.25) is 4.79 Å². The lowest BCUT2D eigenvalue weighted by molar-refractivity contribution is -0.122. The van der Waals surface area contributed by atoms with Crippen LogP contribution in [0.1, 0.15) is 39.2 Å². The molecule has 1 saturated carbocycles. The van der Waals surface area contributed by atoms with E-state index in [1.807, 2.05) is 36.4 Å². The number of allylic oxidation sites excluding steroid dienone is 1. The molecular formula is C21H24N2O. The largest absolute Gasteiger partial charge is 0.294 e. The Hall–Kier alpha value is -2.29. The second-order valence-corrected chi connectivity index (χ2v) is 7.00. The molecule has 0 radical (unpaired) electrons. The number of carbonyl (C=O) groups is 1. The molecule has 0 spiro atoms. The number of benzene rings is 1. The number of hydrogen-bond donors (Lipinski definition) is 0. The van der Waals surface area contributed by atoms with Crippen molar-refractivity contribution in [2.75, 3.05) is 0 Å². The van der Waals surface area contributed by atoms with Gasteiger partial charge in [-0.15, -0.1) is 0 Å². The molecule has 0 amide bonds. The Morgan fingerprint density at radius 3 is 2.38 bits per heavy atom. The van der Waals surface area contributed by atoms with Crippen molar-refractivity contribution in [3.63, 3.8) is 0 Å². The molecule has 0 saturated heterocycles. The molecule has 1 heterocycles. The third-order valence-corrected chi connectivity index (χ3v) is 4.89. The van der Waals surface area contributed by atoms with Gasteiger partial charge in [0.25, 0.3) is 0 Å². The summed E-state index contributed by atoms with van der Waals surface area (Å²) in [6, 6.07) is 9.91. The highest BCUT2D eigenvalue weighted by Gasteiger charge is 2.32. The smallest absolute Gasteiger partial charge is 0.162 e. The van der Waals surface area contributed by atoms with Crippen molar-refractivity contribution in [3.8, 4) is 11.4 Å². The third kappa shape index (κ3) is 3.45. The average Bonchev–Trinajstić information content (AvgIpc) is 2.59. The summed E-state index contributed by atoms with van der Waals surface area (Å²) in [6.45, 7) is 6.40. The number of rotatable bonds is 3. The zero-order valence-corrected chi connectivity index (χ0v) is 14.6. The zero-order chi connectivity index (χ0) is 17.1. The van der Waals surface area contributed by atoms with Gasteiger partial charge < -0.3 is 0 Å². The Balaban J connectivity index is 1.86. The van der Waals surface area contributed by atoms with Gasteiger partial charge in [0.1, 0.15) is 0 Å². The van der Waals surface area contributed by atoms with E-state index in [1.165, 1.54) is 0 Å². The number of carbonyl (C=O) groups excluding carboxylic acids is 1. The molecule has 0 bridgehead atoms. The molecule has 1 aliphatic carbocycles.